The van der Waals surface area contributed by atoms with Crippen LogP contribution >= 0.6 is 0 Å². The standard InChI is InChI=1S/C34H45NO6Si/c1-33(2,3)41-32(36)35-29-28(40-31(37-7)30(29)38-23-25-17-11-8-12-18-25)24-39-42(34(4,5)6,26-19-13-9-14-20-26)27-21-15-10-16-22-27/h8-22,28-31H,23-24H2,1-7H3,(H,35,36)/t28-,29+,30+,31+/m1/s1. The molecule has 1 N–H and O–H groups in total. The number of hydrogen-bond acceptors (Lipinski definition) is 6. The Bertz CT molecular complexity index is 1220. The fourth-order valence-corrected chi connectivity index (χ4v) is 10.2. The molecule has 226 valence electrons. The van der Waals surface area contributed by atoms with Crippen molar-refractivity contribution in [2.24, 2.45) is 0 Å². The van der Waals surface area contributed by atoms with E-state index in [-0.39, 0.29) is 11.6 Å². The van der Waals surface area contributed by atoms with E-state index in [1.807, 2.05) is 63.2 Å². The lowest BCUT2D eigenvalue weighted by molar-refractivity contribution is -0.166. The van der Waals surface area contributed by atoms with Crippen LogP contribution in [0.2, 0.25) is 5.04 Å². The average molecular weight is 592 g/mol. The Hall–Kier alpha value is -3.01. The van der Waals surface area contributed by atoms with E-state index in [1.54, 1.807) is 7.11 Å². The van der Waals surface area contributed by atoms with Crippen molar-refractivity contribution < 1.29 is 28.2 Å². The summed E-state index contributed by atoms with van der Waals surface area (Å²) in [4.78, 5) is 13.1. The molecule has 0 unspecified atom stereocenters. The maximum absolute atomic E-state index is 13.1. The molecule has 1 amide bonds. The first kappa shape index (κ1) is 31.9. The summed E-state index contributed by atoms with van der Waals surface area (Å²) in [6, 6.07) is 30.2. The van der Waals surface area contributed by atoms with Crippen molar-refractivity contribution in [1.29, 1.82) is 0 Å². The molecular weight excluding hydrogens is 546 g/mol. The highest BCUT2D eigenvalue weighted by Crippen LogP contribution is 2.38. The minimum absolute atomic E-state index is 0.216. The molecule has 0 spiro atoms. The maximum Gasteiger partial charge on any atom is 0.408 e. The van der Waals surface area contributed by atoms with Crippen LogP contribution in [0.15, 0.2) is 91.0 Å². The summed E-state index contributed by atoms with van der Waals surface area (Å²) in [5.74, 6) is 0. The monoisotopic (exact) mass is 591 g/mol. The van der Waals surface area contributed by atoms with E-state index >= 15 is 0 Å². The number of benzene rings is 3. The number of hydrogen-bond donors (Lipinski definition) is 1. The second-order valence-corrected chi connectivity index (χ2v) is 17.0. The van der Waals surface area contributed by atoms with Crippen LogP contribution in [0.3, 0.4) is 0 Å². The molecule has 3 aromatic rings. The number of nitrogens with one attached hydrogen (secondary N) is 1. The Morgan fingerprint density at radius 2 is 1.36 bits per heavy atom. The maximum atomic E-state index is 13.1. The molecule has 7 nitrogen and oxygen atoms in total. The van der Waals surface area contributed by atoms with E-state index < -0.39 is 44.6 Å². The molecule has 1 aliphatic rings. The largest absolute Gasteiger partial charge is 0.444 e. The Balaban J connectivity index is 1.67. The lowest BCUT2D eigenvalue weighted by Gasteiger charge is -2.43. The number of methoxy groups -OCH3 is 1. The van der Waals surface area contributed by atoms with Gasteiger partial charge in [-0.3, -0.25) is 0 Å². The van der Waals surface area contributed by atoms with Crippen LogP contribution in [-0.4, -0.2) is 58.3 Å². The SMILES string of the molecule is CO[C@H]1O[C@H](CO[Si](c2ccccc2)(c2ccccc2)C(C)(C)C)[C@H](NC(=O)OC(C)(C)C)[C@@H]1OCc1ccccc1. The summed E-state index contributed by atoms with van der Waals surface area (Å²) >= 11 is 0. The predicted octanol–water partition coefficient (Wildman–Crippen LogP) is 5.41. The molecule has 4 atom stereocenters. The van der Waals surface area contributed by atoms with Crippen molar-refractivity contribution >= 4 is 24.8 Å². The van der Waals surface area contributed by atoms with E-state index in [4.69, 9.17) is 23.4 Å². The van der Waals surface area contributed by atoms with Crippen LogP contribution in [0.4, 0.5) is 4.79 Å². The molecule has 8 heteroatoms. The van der Waals surface area contributed by atoms with Crippen molar-refractivity contribution in [3.05, 3.63) is 96.6 Å². The van der Waals surface area contributed by atoms with Gasteiger partial charge in [0.25, 0.3) is 8.32 Å². The molecule has 4 rings (SSSR count). The molecule has 0 bridgehead atoms. The highest BCUT2D eigenvalue weighted by molar-refractivity contribution is 6.99. The molecule has 1 saturated heterocycles. The van der Waals surface area contributed by atoms with Crippen LogP contribution in [0.1, 0.15) is 47.1 Å². The topological polar surface area (TPSA) is 75.2 Å². The molecule has 3 aromatic carbocycles. The molecule has 1 heterocycles. The van der Waals surface area contributed by atoms with Gasteiger partial charge >= 0.3 is 6.09 Å². The fourth-order valence-electron chi connectivity index (χ4n) is 5.58. The number of carbonyl (C=O) groups is 1. The third kappa shape index (κ3) is 7.49. The van der Waals surface area contributed by atoms with Crippen molar-refractivity contribution in [1.82, 2.24) is 5.32 Å². The molecule has 0 aliphatic carbocycles. The normalized spacial score (nSPS) is 21.2. The van der Waals surface area contributed by atoms with Gasteiger partial charge in [0.15, 0.2) is 6.29 Å². The molecule has 42 heavy (non-hydrogen) atoms. The first-order valence-electron chi connectivity index (χ1n) is 14.5. The van der Waals surface area contributed by atoms with Gasteiger partial charge in [0.05, 0.1) is 19.3 Å². The van der Waals surface area contributed by atoms with Gasteiger partial charge in [-0.1, -0.05) is 112 Å². The highest BCUT2D eigenvalue weighted by Gasteiger charge is 2.53. The van der Waals surface area contributed by atoms with Crippen LogP contribution in [0.5, 0.6) is 0 Å². The second-order valence-electron chi connectivity index (χ2n) is 12.7. The van der Waals surface area contributed by atoms with E-state index in [0.717, 1.165) is 5.56 Å². The predicted molar refractivity (Wildman–Crippen MR) is 167 cm³/mol. The van der Waals surface area contributed by atoms with Gasteiger partial charge in [-0.25, -0.2) is 4.79 Å². The summed E-state index contributed by atoms with van der Waals surface area (Å²) in [6.07, 6.45) is -2.39. The van der Waals surface area contributed by atoms with Gasteiger partial charge in [0.2, 0.25) is 0 Å². The lowest BCUT2D eigenvalue weighted by atomic mass is 10.1. The average Bonchev–Trinajstić information content (AvgIpc) is 3.28. The van der Waals surface area contributed by atoms with E-state index in [1.165, 1.54) is 10.4 Å². The zero-order valence-corrected chi connectivity index (χ0v) is 26.8. The summed E-state index contributed by atoms with van der Waals surface area (Å²) in [5, 5.41) is 5.15. The van der Waals surface area contributed by atoms with Gasteiger partial charge < -0.3 is 28.7 Å². The number of carbonyl (C=O) groups excluding carboxylic acids is 1. The Morgan fingerprint density at radius 3 is 1.83 bits per heavy atom. The summed E-state index contributed by atoms with van der Waals surface area (Å²) in [5.41, 5.74) is 0.348. The third-order valence-corrected chi connectivity index (χ3v) is 12.4. The van der Waals surface area contributed by atoms with Gasteiger partial charge in [0, 0.05) is 7.11 Å². The minimum atomic E-state index is -2.86. The number of rotatable bonds is 10. The minimum Gasteiger partial charge on any atom is -0.444 e. The van der Waals surface area contributed by atoms with Crippen molar-refractivity contribution in [2.75, 3.05) is 13.7 Å². The number of amides is 1. The first-order chi connectivity index (χ1) is 19.9. The smallest absolute Gasteiger partial charge is 0.408 e. The summed E-state index contributed by atoms with van der Waals surface area (Å²) < 4.78 is 31.3. The highest BCUT2D eigenvalue weighted by atomic mass is 28.4. The zero-order chi connectivity index (χ0) is 30.4. The number of alkyl carbamates (subject to hydrolysis) is 1. The Kier molecular flexibility index (Phi) is 10.3. The summed E-state index contributed by atoms with van der Waals surface area (Å²) in [6.45, 7) is 12.8. The molecule has 1 fully saturated rings. The zero-order valence-electron chi connectivity index (χ0n) is 25.8. The van der Waals surface area contributed by atoms with Gasteiger partial charge in [-0.05, 0) is 41.7 Å². The Labute approximate surface area is 251 Å². The quantitative estimate of drug-likeness (QED) is 0.318. The van der Waals surface area contributed by atoms with E-state index in [2.05, 4.69) is 74.6 Å². The second kappa shape index (κ2) is 13.5. The van der Waals surface area contributed by atoms with Crippen LogP contribution in [0, 0.1) is 0 Å². The first-order valence-corrected chi connectivity index (χ1v) is 16.4. The molecular formula is C34H45NO6Si. The van der Waals surface area contributed by atoms with E-state index in [0.29, 0.717) is 6.61 Å². The molecule has 1 aliphatic heterocycles. The van der Waals surface area contributed by atoms with E-state index in [9.17, 15) is 4.79 Å². The third-order valence-electron chi connectivity index (χ3n) is 7.41. The Morgan fingerprint density at radius 1 is 0.833 bits per heavy atom. The van der Waals surface area contributed by atoms with Crippen molar-refractivity contribution in [2.45, 2.75) is 83.3 Å². The molecule has 0 saturated carbocycles. The van der Waals surface area contributed by atoms with Crippen molar-refractivity contribution in [3.63, 3.8) is 0 Å². The molecule has 0 aromatic heterocycles. The van der Waals surface area contributed by atoms with Crippen LogP contribution < -0.4 is 15.7 Å². The fraction of sp³-hybridized carbons (Fsp3) is 0.441. The lowest BCUT2D eigenvalue weighted by Crippen LogP contribution is -2.67. The number of ether oxygens (including phenoxy) is 4. The molecule has 0 radical (unpaired) electrons. The van der Waals surface area contributed by atoms with Gasteiger partial charge in [-0.2, -0.15) is 0 Å². The van der Waals surface area contributed by atoms with Crippen molar-refractivity contribution in [3.8, 4) is 0 Å². The van der Waals surface area contributed by atoms with Gasteiger partial charge in [-0.15, -0.1) is 0 Å². The summed E-state index contributed by atoms with van der Waals surface area (Å²) in [7, 11) is -1.27. The van der Waals surface area contributed by atoms with Gasteiger partial charge in [0.1, 0.15) is 17.8 Å². The van der Waals surface area contributed by atoms with Crippen LogP contribution in [0.25, 0.3) is 0 Å². The van der Waals surface area contributed by atoms with Crippen LogP contribution in [-0.2, 0) is 30.0 Å².